The van der Waals surface area contributed by atoms with E-state index in [0.717, 1.165) is 34.3 Å². The molecule has 1 aromatic carbocycles. The van der Waals surface area contributed by atoms with Gasteiger partial charge in [-0.2, -0.15) is 5.26 Å². The molecule has 1 aliphatic rings. The van der Waals surface area contributed by atoms with Gasteiger partial charge in [0, 0.05) is 24.4 Å². The molecule has 3 heterocycles. The maximum absolute atomic E-state index is 13.1. The number of nitrogens with zero attached hydrogens (tertiary/aromatic N) is 3. The number of rotatable bonds is 2. The van der Waals surface area contributed by atoms with Gasteiger partial charge in [0.15, 0.2) is 0 Å². The smallest absolute Gasteiger partial charge is 0.254 e. The first kappa shape index (κ1) is 15.8. The summed E-state index contributed by atoms with van der Waals surface area (Å²) in [7, 11) is 0. The zero-order chi connectivity index (χ0) is 17.2. The van der Waals surface area contributed by atoms with Crippen molar-refractivity contribution in [2.75, 3.05) is 13.1 Å². The van der Waals surface area contributed by atoms with Crippen molar-refractivity contribution in [1.82, 2.24) is 9.88 Å². The van der Waals surface area contributed by atoms with Gasteiger partial charge < -0.3 is 4.90 Å². The number of likely N-dealkylation sites (tertiary alicyclic amines) is 1. The number of hydrogen-bond acceptors (Lipinski definition) is 4. The van der Waals surface area contributed by atoms with E-state index in [9.17, 15) is 4.79 Å². The molecule has 1 fully saturated rings. The van der Waals surface area contributed by atoms with Gasteiger partial charge in [0.1, 0.15) is 0 Å². The fourth-order valence-corrected chi connectivity index (χ4v) is 3.97. The lowest BCUT2D eigenvalue weighted by atomic mass is 9.97. The van der Waals surface area contributed by atoms with Crippen LogP contribution >= 0.6 is 11.3 Å². The van der Waals surface area contributed by atoms with Crippen molar-refractivity contribution >= 4 is 28.1 Å². The third kappa shape index (κ3) is 3.01. The minimum Gasteiger partial charge on any atom is -0.339 e. The number of thiophene rings is 1. The lowest BCUT2D eigenvalue weighted by Crippen LogP contribution is -2.38. The molecule has 2 aromatic heterocycles. The van der Waals surface area contributed by atoms with Gasteiger partial charge in [0.05, 0.1) is 27.7 Å². The minimum absolute atomic E-state index is 0.0350. The summed E-state index contributed by atoms with van der Waals surface area (Å²) in [5, 5.41) is 12.0. The van der Waals surface area contributed by atoms with Crippen LogP contribution in [-0.4, -0.2) is 28.9 Å². The highest BCUT2D eigenvalue weighted by Crippen LogP contribution is 2.29. The van der Waals surface area contributed by atoms with Crippen LogP contribution in [0.15, 0.2) is 47.8 Å². The number of carbonyl (C=O) groups excluding carboxylic acids is 1. The average Bonchev–Trinajstić information content (AvgIpc) is 3.21. The molecule has 0 aliphatic carbocycles. The Bertz CT molecular complexity index is 951. The summed E-state index contributed by atoms with van der Waals surface area (Å²) in [6, 6.07) is 16.0. The quantitative estimate of drug-likeness (QED) is 0.693. The van der Waals surface area contributed by atoms with Crippen molar-refractivity contribution in [2.24, 2.45) is 5.92 Å². The van der Waals surface area contributed by atoms with Crippen molar-refractivity contribution < 1.29 is 4.79 Å². The summed E-state index contributed by atoms with van der Waals surface area (Å²) < 4.78 is 0. The largest absolute Gasteiger partial charge is 0.339 e. The van der Waals surface area contributed by atoms with Gasteiger partial charge in [0.25, 0.3) is 5.91 Å². The molecule has 0 spiro atoms. The Kier molecular flexibility index (Phi) is 4.21. The number of hydrogen-bond donors (Lipinski definition) is 0. The Morgan fingerprint density at radius 3 is 2.72 bits per heavy atom. The lowest BCUT2D eigenvalue weighted by molar-refractivity contribution is 0.0709. The summed E-state index contributed by atoms with van der Waals surface area (Å²) in [4.78, 5) is 20.8. The van der Waals surface area contributed by atoms with E-state index >= 15 is 0 Å². The normalized spacial score (nSPS) is 15.2. The first-order chi connectivity index (χ1) is 12.3. The molecule has 4 nitrogen and oxygen atoms in total. The minimum atomic E-state index is 0.0350. The van der Waals surface area contributed by atoms with Gasteiger partial charge in [-0.15, -0.1) is 11.3 Å². The van der Waals surface area contributed by atoms with Crippen LogP contribution in [0.3, 0.4) is 0 Å². The molecule has 25 heavy (non-hydrogen) atoms. The Labute approximate surface area is 150 Å². The van der Waals surface area contributed by atoms with Crippen molar-refractivity contribution in [3.8, 4) is 16.6 Å². The summed E-state index contributed by atoms with van der Waals surface area (Å²) in [5.74, 6) is 0.104. The van der Waals surface area contributed by atoms with Crippen LogP contribution in [0.25, 0.3) is 21.5 Å². The standard InChI is InChI=1S/C20H17N3OS/c21-13-14-7-9-23(10-8-14)20(24)16-12-18(19-6-3-11-25-19)22-17-5-2-1-4-15(16)17/h1-6,11-12,14H,7-10H2. The number of nitriles is 1. The molecule has 5 heteroatoms. The molecule has 0 bridgehead atoms. The number of aromatic nitrogens is 1. The molecule has 1 aliphatic heterocycles. The molecule has 0 atom stereocenters. The Morgan fingerprint density at radius 2 is 2.00 bits per heavy atom. The molecule has 0 radical (unpaired) electrons. The van der Waals surface area contributed by atoms with Crippen LogP contribution in [0.2, 0.25) is 0 Å². The second-order valence-corrected chi connectivity index (χ2v) is 7.19. The number of pyridine rings is 1. The molecule has 124 valence electrons. The van der Waals surface area contributed by atoms with E-state index in [4.69, 9.17) is 10.2 Å². The zero-order valence-electron chi connectivity index (χ0n) is 13.7. The molecule has 0 saturated carbocycles. The van der Waals surface area contributed by atoms with E-state index in [1.165, 1.54) is 0 Å². The number of carbonyl (C=O) groups is 1. The Balaban J connectivity index is 1.75. The van der Waals surface area contributed by atoms with Gasteiger partial charge in [0.2, 0.25) is 0 Å². The van der Waals surface area contributed by atoms with Gasteiger partial charge >= 0.3 is 0 Å². The van der Waals surface area contributed by atoms with Gasteiger partial charge in [-0.1, -0.05) is 24.3 Å². The third-order valence-corrected chi connectivity index (χ3v) is 5.58. The predicted molar refractivity (Wildman–Crippen MR) is 99.3 cm³/mol. The molecule has 4 rings (SSSR count). The van der Waals surface area contributed by atoms with Crippen molar-refractivity contribution in [3.63, 3.8) is 0 Å². The van der Waals surface area contributed by atoms with Crippen LogP contribution < -0.4 is 0 Å². The van der Waals surface area contributed by atoms with E-state index in [0.29, 0.717) is 18.7 Å². The molecule has 1 saturated heterocycles. The SMILES string of the molecule is N#CC1CCN(C(=O)c2cc(-c3cccs3)nc3ccccc23)CC1. The molecular formula is C20H17N3OS. The number of benzene rings is 1. The van der Waals surface area contributed by atoms with E-state index in [-0.39, 0.29) is 11.8 Å². The highest BCUT2D eigenvalue weighted by atomic mass is 32.1. The second kappa shape index (κ2) is 6.66. The zero-order valence-corrected chi connectivity index (χ0v) is 14.5. The summed E-state index contributed by atoms with van der Waals surface area (Å²) in [6.45, 7) is 1.28. The maximum atomic E-state index is 13.1. The van der Waals surface area contributed by atoms with Crippen LogP contribution in [-0.2, 0) is 0 Å². The van der Waals surface area contributed by atoms with E-state index < -0.39 is 0 Å². The number of fused-ring (bicyclic) bond motifs is 1. The van der Waals surface area contributed by atoms with Crippen LogP contribution in [0.5, 0.6) is 0 Å². The monoisotopic (exact) mass is 347 g/mol. The average molecular weight is 347 g/mol. The van der Waals surface area contributed by atoms with E-state index in [1.54, 1.807) is 11.3 Å². The molecule has 3 aromatic rings. The van der Waals surface area contributed by atoms with Crippen LogP contribution in [0.4, 0.5) is 0 Å². The fraction of sp³-hybridized carbons (Fsp3) is 0.250. The third-order valence-electron chi connectivity index (χ3n) is 4.68. The Morgan fingerprint density at radius 1 is 1.20 bits per heavy atom. The summed E-state index contributed by atoms with van der Waals surface area (Å²) in [6.07, 6.45) is 1.51. The Hall–Kier alpha value is -2.71. The van der Waals surface area contributed by atoms with E-state index in [2.05, 4.69) is 6.07 Å². The highest BCUT2D eigenvalue weighted by molar-refractivity contribution is 7.13. The molecular weight excluding hydrogens is 330 g/mol. The van der Waals surface area contributed by atoms with Crippen LogP contribution in [0.1, 0.15) is 23.2 Å². The number of piperidine rings is 1. The van der Waals surface area contributed by atoms with Crippen molar-refractivity contribution in [1.29, 1.82) is 5.26 Å². The first-order valence-corrected chi connectivity index (χ1v) is 9.27. The molecule has 0 unspecified atom stereocenters. The first-order valence-electron chi connectivity index (χ1n) is 8.39. The topological polar surface area (TPSA) is 57.0 Å². The highest BCUT2D eigenvalue weighted by Gasteiger charge is 2.25. The fourth-order valence-electron chi connectivity index (χ4n) is 3.28. The van der Waals surface area contributed by atoms with Crippen molar-refractivity contribution in [2.45, 2.75) is 12.8 Å². The molecule has 0 N–H and O–H groups in total. The second-order valence-electron chi connectivity index (χ2n) is 6.25. The number of para-hydroxylation sites is 1. The van der Waals surface area contributed by atoms with Crippen LogP contribution in [0, 0.1) is 17.2 Å². The number of amides is 1. The van der Waals surface area contributed by atoms with Gasteiger partial charge in [-0.05, 0) is 36.4 Å². The van der Waals surface area contributed by atoms with Gasteiger partial charge in [-0.3, -0.25) is 4.79 Å². The lowest BCUT2D eigenvalue weighted by Gasteiger charge is -2.29. The maximum Gasteiger partial charge on any atom is 0.254 e. The van der Waals surface area contributed by atoms with Gasteiger partial charge in [-0.25, -0.2) is 4.98 Å². The van der Waals surface area contributed by atoms with E-state index in [1.807, 2.05) is 52.7 Å². The van der Waals surface area contributed by atoms with Crippen molar-refractivity contribution in [3.05, 3.63) is 53.4 Å². The summed E-state index contributed by atoms with van der Waals surface area (Å²) >= 11 is 1.62. The molecule has 1 amide bonds. The predicted octanol–water partition coefficient (Wildman–Crippen LogP) is 4.34. The summed E-state index contributed by atoms with van der Waals surface area (Å²) in [5.41, 5.74) is 2.37.